The Kier molecular flexibility index (Phi) is 6.62. The zero-order valence-corrected chi connectivity index (χ0v) is 20.9. The van der Waals surface area contributed by atoms with Crippen molar-refractivity contribution in [1.82, 2.24) is 20.2 Å². The van der Waals surface area contributed by atoms with E-state index in [0.29, 0.717) is 23.2 Å². The number of nitrogens with one attached hydrogen (secondary N) is 3. The van der Waals surface area contributed by atoms with Crippen molar-refractivity contribution in [3.05, 3.63) is 66.2 Å². The Morgan fingerprint density at radius 1 is 1.14 bits per heavy atom. The molecule has 1 atom stereocenters. The first-order valence-corrected chi connectivity index (χ1v) is 12.1. The first-order chi connectivity index (χ1) is 17.9. The van der Waals surface area contributed by atoms with Gasteiger partial charge in [0.1, 0.15) is 17.2 Å². The predicted octanol–water partition coefficient (Wildman–Crippen LogP) is 4.44. The summed E-state index contributed by atoms with van der Waals surface area (Å²) >= 11 is 0. The maximum Gasteiger partial charge on any atom is 0.255 e. The summed E-state index contributed by atoms with van der Waals surface area (Å²) in [6.45, 7) is 0.731. The summed E-state index contributed by atoms with van der Waals surface area (Å²) in [6.07, 6.45) is 5.02. The fraction of sp³-hybridized carbons (Fsp3) is 0.250. The maximum absolute atomic E-state index is 15.5. The Labute approximate surface area is 213 Å². The number of para-hydroxylation sites is 1. The SMILES string of the molecule is COc1ccccc1-c1c[nH]c2ncc(-c3cc(F)c(NC(=O)[C@H]4CCCN4)c(C(=O)N(C)C)c3)cc12. The van der Waals surface area contributed by atoms with Crippen LogP contribution in [0.5, 0.6) is 5.75 Å². The Balaban J connectivity index is 1.59. The van der Waals surface area contributed by atoms with Gasteiger partial charge in [-0.05, 0) is 49.2 Å². The number of methoxy groups -OCH3 is 1. The van der Waals surface area contributed by atoms with Crippen molar-refractivity contribution < 1.29 is 18.7 Å². The average Bonchev–Trinajstić information content (AvgIpc) is 3.59. The molecule has 1 fully saturated rings. The number of hydrogen-bond donors (Lipinski definition) is 3. The molecule has 4 aromatic rings. The van der Waals surface area contributed by atoms with Crippen molar-refractivity contribution in [2.75, 3.05) is 33.1 Å². The Bertz CT molecular complexity index is 1490. The topological polar surface area (TPSA) is 99.3 Å². The molecule has 0 spiro atoms. The van der Waals surface area contributed by atoms with Crippen LogP contribution in [-0.4, -0.2) is 60.5 Å². The summed E-state index contributed by atoms with van der Waals surface area (Å²) in [4.78, 5) is 34.8. The minimum atomic E-state index is -0.687. The van der Waals surface area contributed by atoms with Gasteiger partial charge < -0.3 is 25.3 Å². The van der Waals surface area contributed by atoms with Crippen molar-refractivity contribution in [3.8, 4) is 28.0 Å². The summed E-state index contributed by atoms with van der Waals surface area (Å²) in [5, 5.41) is 6.57. The van der Waals surface area contributed by atoms with Crippen molar-refractivity contribution >= 4 is 28.5 Å². The molecule has 0 bridgehead atoms. The highest BCUT2D eigenvalue weighted by Crippen LogP contribution is 2.37. The number of pyridine rings is 1. The van der Waals surface area contributed by atoms with E-state index < -0.39 is 17.8 Å². The molecule has 2 aromatic heterocycles. The summed E-state index contributed by atoms with van der Waals surface area (Å²) in [7, 11) is 4.79. The summed E-state index contributed by atoms with van der Waals surface area (Å²) in [6, 6.07) is 12.1. The first kappa shape index (κ1) is 24.5. The molecule has 2 amide bonds. The van der Waals surface area contributed by atoms with Gasteiger partial charge in [0.25, 0.3) is 5.91 Å². The van der Waals surface area contributed by atoms with Gasteiger partial charge in [-0.3, -0.25) is 9.59 Å². The van der Waals surface area contributed by atoms with Crippen molar-refractivity contribution in [3.63, 3.8) is 0 Å². The number of aromatic nitrogens is 2. The molecule has 1 aliphatic rings. The largest absolute Gasteiger partial charge is 0.496 e. The maximum atomic E-state index is 15.5. The average molecular weight is 502 g/mol. The summed E-state index contributed by atoms with van der Waals surface area (Å²) in [5.41, 5.74) is 3.51. The standard InChI is InChI=1S/C28H28FN5O3/c1-34(2)28(36)20-11-16(13-22(29)25(20)33-27(35)23-8-6-10-30-23)17-12-19-21(15-32-26(19)31-14-17)18-7-4-5-9-24(18)37-3/h4-5,7,9,11-15,23,30H,6,8,10H2,1-3H3,(H,31,32)(H,33,35)/t23-/m1/s1. The van der Waals surface area contributed by atoms with Crippen LogP contribution in [0.4, 0.5) is 10.1 Å². The third-order valence-corrected chi connectivity index (χ3v) is 6.61. The van der Waals surface area contributed by atoms with Gasteiger partial charge in [-0.2, -0.15) is 0 Å². The van der Waals surface area contributed by atoms with E-state index in [1.807, 2.05) is 36.5 Å². The number of aromatic amines is 1. The lowest BCUT2D eigenvalue weighted by atomic mass is 9.99. The fourth-order valence-electron chi connectivity index (χ4n) is 4.68. The monoisotopic (exact) mass is 501 g/mol. The van der Waals surface area contributed by atoms with Crippen LogP contribution in [0.2, 0.25) is 0 Å². The van der Waals surface area contributed by atoms with Crippen molar-refractivity contribution in [2.45, 2.75) is 18.9 Å². The lowest BCUT2D eigenvalue weighted by Crippen LogP contribution is -2.36. The molecule has 1 aliphatic heterocycles. The van der Waals surface area contributed by atoms with E-state index in [0.717, 1.165) is 35.2 Å². The Morgan fingerprint density at radius 2 is 1.95 bits per heavy atom. The van der Waals surface area contributed by atoms with Crippen LogP contribution in [0.15, 0.2) is 54.9 Å². The van der Waals surface area contributed by atoms with Crippen LogP contribution in [0.3, 0.4) is 0 Å². The van der Waals surface area contributed by atoms with E-state index in [9.17, 15) is 9.59 Å². The van der Waals surface area contributed by atoms with Crippen LogP contribution in [0.1, 0.15) is 23.2 Å². The second-order valence-electron chi connectivity index (χ2n) is 9.24. The normalized spacial score (nSPS) is 15.1. The second kappa shape index (κ2) is 10.0. The highest BCUT2D eigenvalue weighted by Gasteiger charge is 2.26. The van der Waals surface area contributed by atoms with E-state index in [1.165, 1.54) is 11.0 Å². The molecule has 3 heterocycles. The molecule has 5 rings (SSSR count). The smallest absolute Gasteiger partial charge is 0.255 e. The number of hydrogen-bond acceptors (Lipinski definition) is 5. The number of halogens is 1. The molecule has 1 saturated heterocycles. The van der Waals surface area contributed by atoms with Gasteiger partial charge in [-0.25, -0.2) is 9.37 Å². The lowest BCUT2D eigenvalue weighted by Gasteiger charge is -2.18. The lowest BCUT2D eigenvalue weighted by molar-refractivity contribution is -0.117. The van der Waals surface area contributed by atoms with E-state index in [4.69, 9.17) is 4.74 Å². The van der Waals surface area contributed by atoms with E-state index in [2.05, 4.69) is 20.6 Å². The van der Waals surface area contributed by atoms with Crippen molar-refractivity contribution in [2.24, 2.45) is 0 Å². The molecule has 0 unspecified atom stereocenters. The van der Waals surface area contributed by atoms with Crippen LogP contribution in [0, 0.1) is 5.82 Å². The van der Waals surface area contributed by atoms with Gasteiger partial charge in [-0.1, -0.05) is 18.2 Å². The zero-order valence-electron chi connectivity index (χ0n) is 20.9. The fourth-order valence-corrected chi connectivity index (χ4v) is 4.68. The number of anilines is 1. The molecule has 8 nitrogen and oxygen atoms in total. The molecule has 37 heavy (non-hydrogen) atoms. The number of carbonyl (C=O) groups excluding carboxylic acids is 2. The number of H-pyrrole nitrogens is 1. The molecule has 2 aromatic carbocycles. The number of nitrogens with zero attached hydrogens (tertiary/aromatic N) is 2. The summed E-state index contributed by atoms with van der Waals surface area (Å²) < 4.78 is 21.0. The molecule has 9 heteroatoms. The molecule has 3 N–H and O–H groups in total. The van der Waals surface area contributed by atoms with Gasteiger partial charge >= 0.3 is 0 Å². The third kappa shape index (κ3) is 4.65. The second-order valence-corrected chi connectivity index (χ2v) is 9.24. The van der Waals surface area contributed by atoms with Crippen LogP contribution < -0.4 is 15.4 Å². The summed E-state index contributed by atoms with van der Waals surface area (Å²) in [5.74, 6) is -0.738. The van der Waals surface area contributed by atoms with Gasteiger partial charge in [0, 0.05) is 48.6 Å². The van der Waals surface area contributed by atoms with E-state index in [-0.39, 0.29) is 17.2 Å². The number of amides is 2. The number of rotatable bonds is 6. The minimum absolute atomic E-state index is 0.0745. The Morgan fingerprint density at radius 3 is 2.68 bits per heavy atom. The van der Waals surface area contributed by atoms with Crippen molar-refractivity contribution in [1.29, 1.82) is 0 Å². The molecule has 0 saturated carbocycles. The van der Waals surface area contributed by atoms with Gasteiger partial charge in [0.15, 0.2) is 0 Å². The predicted molar refractivity (Wildman–Crippen MR) is 141 cm³/mol. The van der Waals surface area contributed by atoms with Gasteiger partial charge in [-0.15, -0.1) is 0 Å². The highest BCUT2D eigenvalue weighted by atomic mass is 19.1. The first-order valence-electron chi connectivity index (χ1n) is 12.1. The van der Waals surface area contributed by atoms with Gasteiger partial charge in [0.05, 0.1) is 24.4 Å². The zero-order chi connectivity index (χ0) is 26.1. The minimum Gasteiger partial charge on any atom is -0.496 e. The van der Waals surface area contributed by atoms with Crippen LogP contribution in [-0.2, 0) is 4.79 Å². The quantitative estimate of drug-likeness (QED) is 0.363. The molecule has 190 valence electrons. The Hall–Kier alpha value is -4.24. The molecule has 0 radical (unpaired) electrons. The molecule has 0 aliphatic carbocycles. The van der Waals surface area contributed by atoms with Crippen LogP contribution >= 0.6 is 0 Å². The number of carbonyl (C=O) groups is 2. The van der Waals surface area contributed by atoms with E-state index >= 15 is 4.39 Å². The van der Waals surface area contributed by atoms with Gasteiger partial charge in [0.2, 0.25) is 5.91 Å². The number of fused-ring (bicyclic) bond motifs is 1. The highest BCUT2D eigenvalue weighted by molar-refractivity contribution is 6.06. The number of ether oxygens (including phenoxy) is 1. The number of benzene rings is 2. The molecular formula is C28H28FN5O3. The van der Waals surface area contributed by atoms with E-state index in [1.54, 1.807) is 33.5 Å². The molecular weight excluding hydrogens is 473 g/mol. The van der Waals surface area contributed by atoms with Crippen LogP contribution in [0.25, 0.3) is 33.3 Å². The third-order valence-electron chi connectivity index (χ3n) is 6.61.